The van der Waals surface area contributed by atoms with Crippen molar-refractivity contribution in [3.63, 3.8) is 0 Å². The summed E-state index contributed by atoms with van der Waals surface area (Å²) in [4.78, 5) is 38.0. The number of imide groups is 1. The molecule has 6 nitrogen and oxygen atoms in total. The van der Waals surface area contributed by atoms with Crippen LogP contribution >= 0.6 is 0 Å². The van der Waals surface area contributed by atoms with Crippen LogP contribution in [0.3, 0.4) is 0 Å². The number of nitrogens with zero attached hydrogens (tertiary/aromatic N) is 1. The second-order valence-corrected chi connectivity index (χ2v) is 7.59. The predicted molar refractivity (Wildman–Crippen MR) is 93.5 cm³/mol. The minimum atomic E-state index is -1.76. The lowest BCUT2D eigenvalue weighted by atomic mass is 9.87. The number of benzene rings is 1. The second kappa shape index (κ2) is 7.25. The topological polar surface area (TPSA) is 78.5 Å². The van der Waals surface area contributed by atoms with Crippen LogP contribution < -0.4 is 10.6 Å². The summed E-state index contributed by atoms with van der Waals surface area (Å²) in [6.07, 6.45) is 3.76. The van der Waals surface area contributed by atoms with Crippen LogP contribution in [0.25, 0.3) is 0 Å². The smallest absolute Gasteiger partial charge is 0.325 e. The van der Waals surface area contributed by atoms with Crippen molar-refractivity contribution in [2.45, 2.75) is 51.1 Å². The lowest BCUT2D eigenvalue weighted by Crippen LogP contribution is -2.46. The van der Waals surface area contributed by atoms with Gasteiger partial charge in [0.2, 0.25) is 5.91 Å². The van der Waals surface area contributed by atoms with Gasteiger partial charge in [-0.05, 0) is 56.7 Å². The average Bonchev–Trinajstić information content (AvgIpc) is 2.83. The van der Waals surface area contributed by atoms with Gasteiger partial charge in [-0.2, -0.15) is 0 Å². The first kappa shape index (κ1) is 19.3. The van der Waals surface area contributed by atoms with Crippen molar-refractivity contribution < 1.29 is 23.2 Å². The molecule has 4 amide bonds. The summed E-state index contributed by atoms with van der Waals surface area (Å²) in [6.45, 7) is 3.01. The van der Waals surface area contributed by atoms with Crippen LogP contribution in [0.1, 0.15) is 45.1 Å². The summed E-state index contributed by atoms with van der Waals surface area (Å²) in [7, 11) is 0. The fourth-order valence-electron chi connectivity index (χ4n) is 3.73. The lowest BCUT2D eigenvalue weighted by Gasteiger charge is -2.27. The van der Waals surface area contributed by atoms with E-state index in [0.29, 0.717) is 5.92 Å². The van der Waals surface area contributed by atoms with Crippen molar-refractivity contribution in [2.75, 3.05) is 6.54 Å². The van der Waals surface area contributed by atoms with E-state index in [4.69, 9.17) is 0 Å². The number of amides is 4. The molecular weight excluding hydrogens is 356 g/mol. The molecule has 2 N–H and O–H groups in total. The highest BCUT2D eigenvalue weighted by atomic mass is 19.1. The molecule has 1 atom stereocenters. The molecule has 1 saturated heterocycles. The summed E-state index contributed by atoms with van der Waals surface area (Å²) in [5.74, 6) is -2.13. The van der Waals surface area contributed by atoms with Gasteiger partial charge in [-0.1, -0.05) is 6.92 Å². The third-order valence-electron chi connectivity index (χ3n) is 5.42. The molecule has 8 heteroatoms. The van der Waals surface area contributed by atoms with Gasteiger partial charge in [0.05, 0.1) is 0 Å². The molecule has 3 rings (SSSR count). The summed E-state index contributed by atoms with van der Waals surface area (Å²) in [6, 6.07) is 1.93. The van der Waals surface area contributed by atoms with Crippen LogP contribution in [0.15, 0.2) is 18.2 Å². The molecule has 146 valence electrons. The van der Waals surface area contributed by atoms with Gasteiger partial charge < -0.3 is 10.6 Å². The first-order valence-corrected chi connectivity index (χ1v) is 9.09. The van der Waals surface area contributed by atoms with Gasteiger partial charge in [-0.25, -0.2) is 13.6 Å². The number of rotatable bonds is 4. The highest BCUT2D eigenvalue weighted by Gasteiger charge is 2.50. The number of halogens is 2. The van der Waals surface area contributed by atoms with Crippen LogP contribution in [0, 0.1) is 17.6 Å². The van der Waals surface area contributed by atoms with Crippen molar-refractivity contribution in [2.24, 2.45) is 5.92 Å². The molecule has 0 spiro atoms. The minimum Gasteiger partial charge on any atom is -0.352 e. The third-order valence-corrected chi connectivity index (χ3v) is 5.42. The molecule has 1 aliphatic carbocycles. The zero-order valence-corrected chi connectivity index (χ0v) is 15.4. The highest BCUT2D eigenvalue weighted by molar-refractivity contribution is 6.09. The van der Waals surface area contributed by atoms with E-state index >= 15 is 0 Å². The molecule has 1 aromatic carbocycles. The van der Waals surface area contributed by atoms with Crippen molar-refractivity contribution in [3.05, 3.63) is 35.4 Å². The third kappa shape index (κ3) is 3.79. The first-order valence-electron chi connectivity index (χ1n) is 9.09. The molecule has 1 saturated carbocycles. The van der Waals surface area contributed by atoms with Gasteiger partial charge in [-0.15, -0.1) is 0 Å². The van der Waals surface area contributed by atoms with Crippen LogP contribution in [0.2, 0.25) is 0 Å². The molecule has 1 unspecified atom stereocenters. The molecule has 0 aromatic heterocycles. The van der Waals surface area contributed by atoms with E-state index in [0.717, 1.165) is 48.8 Å². The number of carbonyl (C=O) groups is 3. The van der Waals surface area contributed by atoms with Gasteiger partial charge in [0.1, 0.15) is 23.7 Å². The highest BCUT2D eigenvalue weighted by Crippen LogP contribution is 2.31. The lowest BCUT2D eigenvalue weighted by molar-refractivity contribution is -0.135. The monoisotopic (exact) mass is 379 g/mol. The summed E-state index contributed by atoms with van der Waals surface area (Å²) >= 11 is 0. The Morgan fingerprint density at radius 1 is 1.26 bits per heavy atom. The molecule has 1 aliphatic heterocycles. The van der Waals surface area contributed by atoms with Crippen LogP contribution in [-0.2, 0) is 15.1 Å². The zero-order chi connectivity index (χ0) is 19.8. The second-order valence-electron chi connectivity index (χ2n) is 7.59. The van der Waals surface area contributed by atoms with E-state index in [2.05, 4.69) is 17.6 Å². The molecule has 2 fully saturated rings. The molecule has 1 aromatic rings. The molecule has 0 radical (unpaired) electrons. The van der Waals surface area contributed by atoms with Gasteiger partial charge in [0, 0.05) is 11.6 Å². The Hall–Kier alpha value is -2.51. The van der Waals surface area contributed by atoms with Gasteiger partial charge >= 0.3 is 6.03 Å². The quantitative estimate of drug-likeness (QED) is 0.789. The van der Waals surface area contributed by atoms with E-state index in [1.165, 1.54) is 6.92 Å². The van der Waals surface area contributed by atoms with Crippen molar-refractivity contribution >= 4 is 17.8 Å². The molecule has 2 aliphatic rings. The minimum absolute atomic E-state index is 0.0292. The van der Waals surface area contributed by atoms with Crippen molar-refractivity contribution in [1.29, 1.82) is 0 Å². The molecule has 27 heavy (non-hydrogen) atoms. The fraction of sp³-hybridized carbons (Fsp3) is 0.526. The van der Waals surface area contributed by atoms with E-state index in [1.54, 1.807) is 0 Å². The van der Waals surface area contributed by atoms with Crippen LogP contribution in [0.5, 0.6) is 0 Å². The summed E-state index contributed by atoms with van der Waals surface area (Å²) in [5.41, 5.74) is -2.03. The fourth-order valence-corrected chi connectivity index (χ4v) is 3.73. The Kier molecular flexibility index (Phi) is 5.17. The molecule has 0 bridgehead atoms. The number of nitrogens with one attached hydrogen (secondary N) is 2. The van der Waals surface area contributed by atoms with Crippen molar-refractivity contribution in [1.82, 2.24) is 15.5 Å². The van der Waals surface area contributed by atoms with Gasteiger partial charge in [0.15, 0.2) is 0 Å². The van der Waals surface area contributed by atoms with E-state index < -0.39 is 41.6 Å². The maximum atomic E-state index is 14.1. The Balaban J connectivity index is 1.70. The number of carbonyl (C=O) groups excluding carboxylic acids is 3. The Morgan fingerprint density at radius 2 is 1.93 bits per heavy atom. The van der Waals surface area contributed by atoms with E-state index in [1.807, 2.05) is 0 Å². The summed E-state index contributed by atoms with van der Waals surface area (Å²) in [5, 5.41) is 5.23. The predicted octanol–water partition coefficient (Wildman–Crippen LogP) is 2.43. The molecular formula is C19H23F2N3O3. The number of hydrogen-bond donors (Lipinski definition) is 2. The number of hydrogen-bond acceptors (Lipinski definition) is 3. The molecule has 1 heterocycles. The van der Waals surface area contributed by atoms with Crippen LogP contribution in [0.4, 0.5) is 13.6 Å². The SMILES string of the molecule is CC1CCC(NC(=O)CN2C(=O)NC(C)(c3cc(F)ccc3F)C2=O)CC1. The normalized spacial score (nSPS) is 28.2. The Labute approximate surface area is 156 Å². The van der Waals surface area contributed by atoms with Crippen molar-refractivity contribution in [3.8, 4) is 0 Å². The Morgan fingerprint density at radius 3 is 2.59 bits per heavy atom. The Bertz CT molecular complexity index is 777. The maximum Gasteiger partial charge on any atom is 0.325 e. The van der Waals surface area contributed by atoms with E-state index in [-0.39, 0.29) is 11.6 Å². The first-order chi connectivity index (χ1) is 12.7. The maximum absolute atomic E-state index is 14.1. The van der Waals surface area contributed by atoms with E-state index in [9.17, 15) is 23.2 Å². The average molecular weight is 379 g/mol. The summed E-state index contributed by atoms with van der Waals surface area (Å²) < 4.78 is 27.7. The van der Waals surface area contributed by atoms with Gasteiger partial charge in [-0.3, -0.25) is 14.5 Å². The van der Waals surface area contributed by atoms with Gasteiger partial charge in [0.25, 0.3) is 5.91 Å². The zero-order valence-electron chi connectivity index (χ0n) is 15.4. The largest absolute Gasteiger partial charge is 0.352 e. The number of urea groups is 1. The van der Waals surface area contributed by atoms with Crippen LogP contribution in [-0.4, -0.2) is 35.3 Å². The standard InChI is InChI=1S/C19H23F2N3O3/c1-11-3-6-13(7-4-11)22-16(25)10-24-17(26)19(2,23-18(24)27)14-9-12(20)5-8-15(14)21/h5,8-9,11,13H,3-4,6-7,10H2,1-2H3,(H,22,25)(H,23,27).